The van der Waals surface area contributed by atoms with Gasteiger partial charge in [0.2, 0.25) is 11.8 Å². The highest BCUT2D eigenvalue weighted by molar-refractivity contribution is 7.10. The molecule has 1 aliphatic heterocycles. The van der Waals surface area contributed by atoms with Gasteiger partial charge in [0.1, 0.15) is 0 Å². The molecule has 1 atom stereocenters. The lowest BCUT2D eigenvalue weighted by molar-refractivity contribution is -0.151. The summed E-state index contributed by atoms with van der Waals surface area (Å²) in [5.74, 6) is -1.93. The Kier molecular flexibility index (Phi) is 4.35. The van der Waals surface area contributed by atoms with E-state index in [-0.39, 0.29) is 13.1 Å². The molecule has 8 heteroatoms. The van der Waals surface area contributed by atoms with E-state index in [0.717, 1.165) is 4.88 Å². The molecule has 0 aromatic carbocycles. The molecule has 108 valence electrons. The van der Waals surface area contributed by atoms with Gasteiger partial charge in [-0.3, -0.25) is 9.59 Å². The number of nitrogens with zero attached hydrogens (tertiary/aromatic N) is 1. The first-order chi connectivity index (χ1) is 9.54. The van der Waals surface area contributed by atoms with Gasteiger partial charge in [-0.05, 0) is 23.4 Å². The van der Waals surface area contributed by atoms with Crippen LogP contribution in [0.5, 0.6) is 0 Å². The van der Waals surface area contributed by atoms with Gasteiger partial charge in [0.15, 0.2) is 6.04 Å². The molecule has 0 fully saturated rings. The van der Waals surface area contributed by atoms with Gasteiger partial charge in [-0.25, -0.2) is 4.79 Å². The van der Waals surface area contributed by atoms with E-state index in [1.807, 2.05) is 5.38 Å². The molecule has 0 radical (unpaired) electrons. The number of hydrogen-bond donors (Lipinski definition) is 3. The van der Waals surface area contributed by atoms with Gasteiger partial charge >= 0.3 is 5.97 Å². The Morgan fingerprint density at radius 3 is 2.90 bits per heavy atom. The normalized spacial score (nSPS) is 17.4. The number of carbonyl (C=O) groups excluding carboxylic acids is 2. The number of nitrogens with one attached hydrogen (secondary N) is 1. The van der Waals surface area contributed by atoms with Gasteiger partial charge in [0, 0.05) is 11.4 Å². The molecule has 2 amide bonds. The maximum atomic E-state index is 12.1. The number of carboxylic acid groups (broad SMARTS) is 1. The Morgan fingerprint density at radius 1 is 1.50 bits per heavy atom. The second-order valence-corrected chi connectivity index (χ2v) is 5.36. The summed E-state index contributed by atoms with van der Waals surface area (Å²) in [5.41, 5.74) is 5.79. The van der Waals surface area contributed by atoms with Crippen LogP contribution in [0.15, 0.2) is 11.4 Å². The average molecular weight is 297 g/mol. The minimum absolute atomic E-state index is 0.204. The standard InChI is InChI=1S/C12H15N3O4S/c13-5-9(16)14-6-10(17)15-3-1-8-7(2-4-20-8)11(15)12(18)19/h2,4,11H,1,3,5-6,13H2,(H,14,16)(H,18,19). The molecule has 0 bridgehead atoms. The third kappa shape index (κ3) is 2.81. The zero-order valence-corrected chi connectivity index (χ0v) is 11.5. The molecule has 2 heterocycles. The van der Waals surface area contributed by atoms with Crippen LogP contribution >= 0.6 is 11.3 Å². The maximum Gasteiger partial charge on any atom is 0.331 e. The third-order valence-corrected chi connectivity index (χ3v) is 4.14. The first-order valence-corrected chi connectivity index (χ1v) is 6.98. The third-order valence-electron chi connectivity index (χ3n) is 3.14. The highest BCUT2D eigenvalue weighted by Crippen LogP contribution is 2.33. The summed E-state index contributed by atoms with van der Waals surface area (Å²) in [6.45, 7) is -0.106. The van der Waals surface area contributed by atoms with Crippen molar-refractivity contribution < 1.29 is 19.5 Å². The number of aliphatic carboxylic acids is 1. The molecule has 0 saturated heterocycles. The van der Waals surface area contributed by atoms with Crippen LogP contribution in [0.25, 0.3) is 0 Å². The van der Waals surface area contributed by atoms with Crippen LogP contribution in [-0.2, 0) is 20.8 Å². The molecule has 0 aliphatic carbocycles. The fourth-order valence-corrected chi connectivity index (χ4v) is 3.10. The van der Waals surface area contributed by atoms with Crippen molar-refractivity contribution in [2.75, 3.05) is 19.6 Å². The fraction of sp³-hybridized carbons (Fsp3) is 0.417. The number of thiophene rings is 1. The second kappa shape index (κ2) is 6.02. The Balaban J connectivity index is 2.13. The molecule has 20 heavy (non-hydrogen) atoms. The lowest BCUT2D eigenvalue weighted by Crippen LogP contribution is -2.47. The van der Waals surface area contributed by atoms with Crippen molar-refractivity contribution in [1.29, 1.82) is 0 Å². The van der Waals surface area contributed by atoms with E-state index in [9.17, 15) is 19.5 Å². The molecule has 1 aromatic heterocycles. The summed E-state index contributed by atoms with van der Waals surface area (Å²) in [6.07, 6.45) is 0.632. The van der Waals surface area contributed by atoms with Crippen LogP contribution < -0.4 is 11.1 Å². The first kappa shape index (κ1) is 14.5. The molecule has 1 aliphatic rings. The van der Waals surface area contributed by atoms with Gasteiger partial charge in [0.25, 0.3) is 0 Å². The number of fused-ring (bicyclic) bond motifs is 1. The first-order valence-electron chi connectivity index (χ1n) is 6.10. The van der Waals surface area contributed by atoms with Crippen LogP contribution in [0.2, 0.25) is 0 Å². The Hall–Kier alpha value is -1.93. The number of carboxylic acids is 1. The lowest BCUT2D eigenvalue weighted by Gasteiger charge is -2.33. The highest BCUT2D eigenvalue weighted by atomic mass is 32.1. The van der Waals surface area contributed by atoms with Crippen molar-refractivity contribution in [2.45, 2.75) is 12.5 Å². The van der Waals surface area contributed by atoms with Gasteiger partial charge in [-0.15, -0.1) is 11.3 Å². The summed E-state index contributed by atoms with van der Waals surface area (Å²) >= 11 is 1.49. The Labute approximate surface area is 119 Å². The van der Waals surface area contributed by atoms with Crippen molar-refractivity contribution >= 4 is 29.1 Å². The predicted octanol–water partition coefficient (Wildman–Crippen LogP) is -0.667. The van der Waals surface area contributed by atoms with Crippen molar-refractivity contribution in [2.24, 2.45) is 5.73 Å². The SMILES string of the molecule is NCC(=O)NCC(=O)N1CCc2sccc2C1C(=O)O. The van der Waals surface area contributed by atoms with E-state index >= 15 is 0 Å². The monoisotopic (exact) mass is 297 g/mol. The number of nitrogens with two attached hydrogens (primary N) is 1. The van der Waals surface area contributed by atoms with Gasteiger partial charge < -0.3 is 21.1 Å². The highest BCUT2D eigenvalue weighted by Gasteiger charge is 2.36. The van der Waals surface area contributed by atoms with E-state index in [0.29, 0.717) is 18.5 Å². The maximum absolute atomic E-state index is 12.1. The quantitative estimate of drug-likeness (QED) is 0.682. The van der Waals surface area contributed by atoms with E-state index in [2.05, 4.69) is 5.32 Å². The topological polar surface area (TPSA) is 113 Å². The van der Waals surface area contributed by atoms with Crippen molar-refractivity contribution in [3.63, 3.8) is 0 Å². The van der Waals surface area contributed by atoms with Gasteiger partial charge in [-0.1, -0.05) is 0 Å². The number of hydrogen-bond acceptors (Lipinski definition) is 5. The van der Waals surface area contributed by atoms with Crippen LogP contribution in [0.3, 0.4) is 0 Å². The lowest BCUT2D eigenvalue weighted by atomic mass is 10.00. The molecule has 1 unspecified atom stereocenters. The van der Waals surface area contributed by atoms with Crippen LogP contribution in [-0.4, -0.2) is 47.4 Å². The molecular formula is C12H15N3O4S. The second-order valence-electron chi connectivity index (χ2n) is 4.36. The molecule has 0 spiro atoms. The molecule has 7 nitrogen and oxygen atoms in total. The summed E-state index contributed by atoms with van der Waals surface area (Å²) in [7, 11) is 0. The van der Waals surface area contributed by atoms with Gasteiger partial charge in [0.05, 0.1) is 13.1 Å². The minimum Gasteiger partial charge on any atom is -0.479 e. The van der Waals surface area contributed by atoms with E-state index in [4.69, 9.17) is 5.73 Å². The van der Waals surface area contributed by atoms with Crippen molar-refractivity contribution in [1.82, 2.24) is 10.2 Å². The Bertz CT molecular complexity index is 543. The van der Waals surface area contributed by atoms with E-state index in [1.165, 1.54) is 16.2 Å². The molecule has 0 saturated carbocycles. The minimum atomic E-state index is -1.07. The fourth-order valence-electron chi connectivity index (χ4n) is 2.20. The van der Waals surface area contributed by atoms with E-state index in [1.54, 1.807) is 6.07 Å². The average Bonchev–Trinajstić information content (AvgIpc) is 2.90. The Morgan fingerprint density at radius 2 is 2.25 bits per heavy atom. The number of amides is 2. The van der Waals surface area contributed by atoms with Crippen molar-refractivity contribution in [3.05, 3.63) is 21.9 Å². The number of carbonyl (C=O) groups is 3. The summed E-state index contributed by atoms with van der Waals surface area (Å²) < 4.78 is 0. The molecule has 1 aromatic rings. The molecule has 4 N–H and O–H groups in total. The zero-order valence-electron chi connectivity index (χ0n) is 10.7. The summed E-state index contributed by atoms with van der Waals surface area (Å²) in [4.78, 5) is 36.8. The largest absolute Gasteiger partial charge is 0.479 e. The van der Waals surface area contributed by atoms with Gasteiger partial charge in [-0.2, -0.15) is 0 Å². The molecule has 2 rings (SSSR count). The summed E-state index contributed by atoms with van der Waals surface area (Å²) in [6, 6.07) is 0.753. The zero-order chi connectivity index (χ0) is 14.7. The van der Waals surface area contributed by atoms with E-state index < -0.39 is 23.8 Å². The van der Waals surface area contributed by atoms with Crippen molar-refractivity contribution in [3.8, 4) is 0 Å². The van der Waals surface area contributed by atoms with Crippen LogP contribution in [0.4, 0.5) is 0 Å². The van der Waals surface area contributed by atoms with Crippen LogP contribution in [0, 0.1) is 0 Å². The predicted molar refractivity (Wildman–Crippen MR) is 72.2 cm³/mol. The summed E-state index contributed by atoms with van der Waals surface area (Å²) in [5, 5.41) is 13.5. The molecular weight excluding hydrogens is 282 g/mol. The van der Waals surface area contributed by atoms with Crippen LogP contribution in [0.1, 0.15) is 16.5 Å². The number of rotatable bonds is 4. The smallest absolute Gasteiger partial charge is 0.331 e.